The molecule has 3 heteroatoms. The topological polar surface area (TPSA) is 38.3 Å². The third-order valence-electron chi connectivity index (χ3n) is 2.68. The molecule has 0 amide bonds. The Bertz CT molecular complexity index is 182. The van der Waals surface area contributed by atoms with Gasteiger partial charge in [-0.05, 0) is 32.2 Å². The number of carbonyl (C=O) groups excluding carboxylic acids is 1. The molecule has 0 spiro atoms. The summed E-state index contributed by atoms with van der Waals surface area (Å²) >= 11 is 0. The molecule has 3 unspecified atom stereocenters. The van der Waals surface area contributed by atoms with Crippen LogP contribution in [-0.4, -0.2) is 24.7 Å². The lowest BCUT2D eigenvalue weighted by Gasteiger charge is -2.17. The molecule has 0 aliphatic carbocycles. The van der Waals surface area contributed by atoms with Gasteiger partial charge in [-0.3, -0.25) is 4.79 Å². The second-order valence-electron chi connectivity index (χ2n) is 3.85. The number of ether oxygens (including phenoxy) is 1. The van der Waals surface area contributed by atoms with E-state index in [1.807, 2.05) is 13.8 Å². The Labute approximate surface area is 79.8 Å². The van der Waals surface area contributed by atoms with Crippen LogP contribution in [0, 0.1) is 5.92 Å². The molecule has 0 bridgehead atoms. The Hall–Kier alpha value is -0.570. The molecule has 1 aliphatic heterocycles. The van der Waals surface area contributed by atoms with Crippen molar-refractivity contribution in [2.24, 2.45) is 5.92 Å². The fourth-order valence-electron chi connectivity index (χ4n) is 1.50. The Morgan fingerprint density at radius 3 is 2.85 bits per heavy atom. The van der Waals surface area contributed by atoms with E-state index in [0.717, 1.165) is 19.4 Å². The van der Waals surface area contributed by atoms with Crippen molar-refractivity contribution in [2.75, 3.05) is 6.54 Å². The van der Waals surface area contributed by atoms with Crippen LogP contribution in [0.5, 0.6) is 0 Å². The Kier molecular flexibility index (Phi) is 3.72. The normalized spacial score (nSPS) is 30.1. The van der Waals surface area contributed by atoms with Gasteiger partial charge in [0, 0.05) is 0 Å². The van der Waals surface area contributed by atoms with Gasteiger partial charge in [-0.1, -0.05) is 13.8 Å². The lowest BCUT2D eigenvalue weighted by Crippen LogP contribution is -2.37. The molecule has 3 atom stereocenters. The molecular formula is C10H19NO2. The number of hydrogen-bond acceptors (Lipinski definition) is 3. The van der Waals surface area contributed by atoms with E-state index in [-0.39, 0.29) is 18.1 Å². The summed E-state index contributed by atoms with van der Waals surface area (Å²) < 4.78 is 5.25. The number of rotatable bonds is 3. The van der Waals surface area contributed by atoms with Crippen molar-refractivity contribution in [1.82, 2.24) is 5.32 Å². The van der Waals surface area contributed by atoms with Crippen molar-refractivity contribution >= 4 is 5.97 Å². The highest BCUT2D eigenvalue weighted by molar-refractivity contribution is 5.76. The predicted octanol–water partition coefficient (Wildman–Crippen LogP) is 1.33. The molecule has 0 aromatic heterocycles. The Morgan fingerprint density at radius 1 is 1.69 bits per heavy atom. The van der Waals surface area contributed by atoms with E-state index in [4.69, 9.17) is 4.74 Å². The maximum absolute atomic E-state index is 11.5. The highest BCUT2D eigenvalue weighted by atomic mass is 16.5. The first-order valence-electron chi connectivity index (χ1n) is 5.09. The van der Waals surface area contributed by atoms with Crippen LogP contribution >= 0.6 is 0 Å². The zero-order valence-electron chi connectivity index (χ0n) is 8.67. The standard InChI is InChI=1S/C10H19NO2/c1-4-8(3)13-10(12)9-7(2)5-6-11-9/h7-9,11H,4-6H2,1-3H3. The van der Waals surface area contributed by atoms with Crippen molar-refractivity contribution in [1.29, 1.82) is 0 Å². The summed E-state index contributed by atoms with van der Waals surface area (Å²) in [6, 6.07) is -0.0750. The van der Waals surface area contributed by atoms with E-state index >= 15 is 0 Å². The van der Waals surface area contributed by atoms with Crippen LogP contribution in [0.2, 0.25) is 0 Å². The summed E-state index contributed by atoms with van der Waals surface area (Å²) in [6.45, 7) is 6.96. The van der Waals surface area contributed by atoms with Gasteiger partial charge in [-0.2, -0.15) is 0 Å². The zero-order valence-corrected chi connectivity index (χ0v) is 8.67. The Balaban J connectivity index is 2.38. The van der Waals surface area contributed by atoms with E-state index in [1.165, 1.54) is 0 Å². The molecule has 1 saturated heterocycles. The first kappa shape index (κ1) is 10.5. The minimum absolute atomic E-state index is 0.0436. The fourth-order valence-corrected chi connectivity index (χ4v) is 1.50. The molecule has 3 nitrogen and oxygen atoms in total. The van der Waals surface area contributed by atoms with Crippen molar-refractivity contribution in [3.63, 3.8) is 0 Å². The SMILES string of the molecule is CCC(C)OC(=O)C1NCCC1C. The maximum Gasteiger partial charge on any atom is 0.323 e. The van der Waals surface area contributed by atoms with Gasteiger partial charge in [0.15, 0.2) is 0 Å². The highest BCUT2D eigenvalue weighted by Crippen LogP contribution is 2.16. The van der Waals surface area contributed by atoms with Gasteiger partial charge in [0.2, 0.25) is 0 Å². The Morgan fingerprint density at radius 2 is 2.38 bits per heavy atom. The van der Waals surface area contributed by atoms with E-state index in [2.05, 4.69) is 12.2 Å². The summed E-state index contributed by atoms with van der Waals surface area (Å²) in [7, 11) is 0. The molecular weight excluding hydrogens is 166 g/mol. The van der Waals surface area contributed by atoms with Crippen LogP contribution in [-0.2, 0) is 9.53 Å². The monoisotopic (exact) mass is 185 g/mol. The molecule has 76 valence electrons. The summed E-state index contributed by atoms with van der Waals surface area (Å²) in [4.78, 5) is 11.5. The lowest BCUT2D eigenvalue weighted by molar-refractivity contribution is -0.151. The molecule has 1 rings (SSSR count). The van der Waals surface area contributed by atoms with Crippen molar-refractivity contribution in [2.45, 2.75) is 45.8 Å². The zero-order chi connectivity index (χ0) is 9.84. The minimum atomic E-state index is -0.0839. The summed E-state index contributed by atoms with van der Waals surface area (Å²) in [5, 5.41) is 3.16. The predicted molar refractivity (Wildman–Crippen MR) is 51.4 cm³/mol. The van der Waals surface area contributed by atoms with Crippen molar-refractivity contribution < 1.29 is 9.53 Å². The smallest absolute Gasteiger partial charge is 0.323 e. The molecule has 1 aliphatic rings. The van der Waals surface area contributed by atoms with Crippen LogP contribution < -0.4 is 5.32 Å². The van der Waals surface area contributed by atoms with Crippen LogP contribution in [0.4, 0.5) is 0 Å². The maximum atomic E-state index is 11.5. The first-order valence-corrected chi connectivity index (χ1v) is 5.09. The summed E-state index contributed by atoms with van der Waals surface area (Å²) in [6.07, 6.45) is 2.00. The number of hydrogen-bond donors (Lipinski definition) is 1. The average molecular weight is 185 g/mol. The van der Waals surface area contributed by atoms with Gasteiger partial charge >= 0.3 is 5.97 Å². The van der Waals surface area contributed by atoms with Crippen LogP contribution in [0.1, 0.15) is 33.6 Å². The minimum Gasteiger partial charge on any atom is -0.462 e. The quantitative estimate of drug-likeness (QED) is 0.674. The second kappa shape index (κ2) is 4.61. The van der Waals surface area contributed by atoms with Crippen LogP contribution in [0.15, 0.2) is 0 Å². The van der Waals surface area contributed by atoms with Crippen molar-refractivity contribution in [3.05, 3.63) is 0 Å². The molecule has 1 N–H and O–H groups in total. The largest absolute Gasteiger partial charge is 0.462 e. The fraction of sp³-hybridized carbons (Fsp3) is 0.900. The van der Waals surface area contributed by atoms with Gasteiger partial charge in [0.25, 0.3) is 0 Å². The number of nitrogens with one attached hydrogen (secondary N) is 1. The molecule has 1 heterocycles. The van der Waals surface area contributed by atoms with E-state index < -0.39 is 0 Å². The third-order valence-corrected chi connectivity index (χ3v) is 2.68. The molecule has 0 radical (unpaired) electrons. The molecule has 0 aromatic carbocycles. The summed E-state index contributed by atoms with van der Waals surface area (Å²) in [5.41, 5.74) is 0. The highest BCUT2D eigenvalue weighted by Gasteiger charge is 2.31. The molecule has 13 heavy (non-hydrogen) atoms. The van der Waals surface area contributed by atoms with E-state index in [1.54, 1.807) is 0 Å². The van der Waals surface area contributed by atoms with Gasteiger partial charge in [-0.15, -0.1) is 0 Å². The van der Waals surface area contributed by atoms with E-state index in [9.17, 15) is 4.79 Å². The van der Waals surface area contributed by atoms with Gasteiger partial charge < -0.3 is 10.1 Å². The van der Waals surface area contributed by atoms with Crippen LogP contribution in [0.3, 0.4) is 0 Å². The molecule has 1 fully saturated rings. The van der Waals surface area contributed by atoms with Gasteiger partial charge in [0.1, 0.15) is 6.04 Å². The van der Waals surface area contributed by atoms with Gasteiger partial charge in [-0.25, -0.2) is 0 Å². The number of esters is 1. The van der Waals surface area contributed by atoms with Crippen molar-refractivity contribution in [3.8, 4) is 0 Å². The van der Waals surface area contributed by atoms with Gasteiger partial charge in [0.05, 0.1) is 6.10 Å². The van der Waals surface area contributed by atoms with E-state index in [0.29, 0.717) is 5.92 Å². The third kappa shape index (κ3) is 2.69. The molecule has 0 aromatic rings. The summed E-state index contributed by atoms with van der Waals surface area (Å²) in [5.74, 6) is 0.330. The molecule has 0 saturated carbocycles. The second-order valence-corrected chi connectivity index (χ2v) is 3.85. The number of carbonyl (C=O) groups is 1. The lowest BCUT2D eigenvalue weighted by atomic mass is 10.0. The van der Waals surface area contributed by atoms with Crippen LogP contribution in [0.25, 0.3) is 0 Å². The first-order chi connectivity index (χ1) is 6.15. The average Bonchev–Trinajstić information content (AvgIpc) is 2.51.